The van der Waals surface area contributed by atoms with Crippen molar-refractivity contribution in [1.82, 2.24) is 10.3 Å². The van der Waals surface area contributed by atoms with Crippen LogP contribution in [-0.2, 0) is 6.54 Å². The second-order valence-electron chi connectivity index (χ2n) is 4.42. The summed E-state index contributed by atoms with van der Waals surface area (Å²) >= 11 is 0. The summed E-state index contributed by atoms with van der Waals surface area (Å²) in [4.78, 5) is 4.36. The monoisotopic (exact) mass is 192 g/mol. The summed E-state index contributed by atoms with van der Waals surface area (Å²) < 4.78 is 5.90. The number of aryl methyl sites for hydroxylation is 1. The first-order chi connectivity index (χ1) is 6.57. The summed E-state index contributed by atoms with van der Waals surface area (Å²) in [5.74, 6) is 0.917. The molecule has 0 radical (unpaired) electrons. The first kappa shape index (κ1) is 9.46. The smallest absolute Gasteiger partial charge is 0.143 e. The molecule has 14 heavy (non-hydrogen) atoms. The Balaban J connectivity index is 2.38. The molecule has 3 nitrogen and oxygen atoms in total. The molecule has 0 aromatic carbocycles. The van der Waals surface area contributed by atoms with Gasteiger partial charge in [0.25, 0.3) is 0 Å². The zero-order valence-corrected chi connectivity index (χ0v) is 8.92. The van der Waals surface area contributed by atoms with Crippen LogP contribution in [0.25, 0.3) is 0 Å². The molecule has 1 aliphatic heterocycles. The van der Waals surface area contributed by atoms with E-state index in [9.17, 15) is 0 Å². The molecule has 0 amide bonds. The van der Waals surface area contributed by atoms with Crippen LogP contribution < -0.4 is 10.1 Å². The van der Waals surface area contributed by atoms with Gasteiger partial charge in [0.1, 0.15) is 11.4 Å². The molecule has 0 bridgehead atoms. The highest BCUT2D eigenvalue weighted by Gasteiger charge is 2.24. The maximum absolute atomic E-state index is 5.90. The van der Waals surface area contributed by atoms with Crippen molar-refractivity contribution in [3.63, 3.8) is 0 Å². The normalized spacial score (nSPS) is 19.4. The van der Waals surface area contributed by atoms with Crippen LogP contribution in [0, 0.1) is 6.92 Å². The van der Waals surface area contributed by atoms with Crippen molar-refractivity contribution in [2.24, 2.45) is 0 Å². The molecule has 76 valence electrons. The van der Waals surface area contributed by atoms with Gasteiger partial charge in [0.05, 0.1) is 5.69 Å². The number of nitrogens with one attached hydrogen (secondary N) is 1. The molecule has 2 rings (SSSR count). The Hall–Kier alpha value is -1.09. The highest BCUT2D eigenvalue weighted by molar-refractivity contribution is 5.32. The third-order valence-electron chi connectivity index (χ3n) is 2.30. The first-order valence-corrected chi connectivity index (χ1v) is 4.92. The standard InChI is InChI=1S/C11H16N2O/c1-8-4-10-9(13-5-8)6-12-7-11(2,3)14-10/h4-5,12H,6-7H2,1-3H3. The van der Waals surface area contributed by atoms with Gasteiger partial charge in [-0.05, 0) is 32.4 Å². The SMILES string of the molecule is Cc1cnc2c(c1)OC(C)(C)CNC2. The van der Waals surface area contributed by atoms with Crippen molar-refractivity contribution in [3.8, 4) is 5.75 Å². The molecular formula is C11H16N2O. The van der Waals surface area contributed by atoms with Crippen LogP contribution >= 0.6 is 0 Å². The predicted molar refractivity (Wildman–Crippen MR) is 55.4 cm³/mol. The Labute approximate surface area is 84.5 Å². The van der Waals surface area contributed by atoms with E-state index >= 15 is 0 Å². The van der Waals surface area contributed by atoms with E-state index in [0.29, 0.717) is 0 Å². The summed E-state index contributed by atoms with van der Waals surface area (Å²) in [6, 6.07) is 2.05. The van der Waals surface area contributed by atoms with Gasteiger partial charge < -0.3 is 10.1 Å². The maximum atomic E-state index is 5.90. The van der Waals surface area contributed by atoms with Crippen molar-refractivity contribution in [3.05, 3.63) is 23.5 Å². The molecule has 0 unspecified atom stereocenters. The Morgan fingerprint density at radius 2 is 2.29 bits per heavy atom. The molecule has 3 heteroatoms. The number of nitrogens with zero attached hydrogens (tertiary/aromatic N) is 1. The second-order valence-corrected chi connectivity index (χ2v) is 4.42. The van der Waals surface area contributed by atoms with Crippen LogP contribution in [0.1, 0.15) is 25.1 Å². The molecule has 0 fully saturated rings. The lowest BCUT2D eigenvalue weighted by molar-refractivity contribution is 0.115. The number of hydrogen-bond donors (Lipinski definition) is 1. The van der Waals surface area contributed by atoms with Crippen LogP contribution in [0.3, 0.4) is 0 Å². The third kappa shape index (κ3) is 1.87. The molecule has 2 heterocycles. The lowest BCUT2D eigenvalue weighted by Gasteiger charge is -2.24. The zero-order chi connectivity index (χ0) is 10.2. The van der Waals surface area contributed by atoms with E-state index in [4.69, 9.17) is 4.74 Å². The molecule has 0 spiro atoms. The summed E-state index contributed by atoms with van der Waals surface area (Å²) in [6.07, 6.45) is 1.88. The molecule has 1 aliphatic rings. The number of rotatable bonds is 0. The highest BCUT2D eigenvalue weighted by Crippen LogP contribution is 2.25. The lowest BCUT2D eigenvalue weighted by atomic mass is 10.1. The van der Waals surface area contributed by atoms with Gasteiger partial charge >= 0.3 is 0 Å². The van der Waals surface area contributed by atoms with Gasteiger partial charge in [-0.1, -0.05) is 0 Å². The van der Waals surface area contributed by atoms with Gasteiger partial charge in [-0.15, -0.1) is 0 Å². The van der Waals surface area contributed by atoms with Crippen molar-refractivity contribution in [2.75, 3.05) is 6.54 Å². The van der Waals surface area contributed by atoms with Crippen molar-refractivity contribution < 1.29 is 4.74 Å². The van der Waals surface area contributed by atoms with Gasteiger partial charge in [-0.2, -0.15) is 0 Å². The Morgan fingerprint density at radius 3 is 3.07 bits per heavy atom. The van der Waals surface area contributed by atoms with E-state index in [-0.39, 0.29) is 5.60 Å². The average Bonchev–Trinajstić information content (AvgIpc) is 2.21. The third-order valence-corrected chi connectivity index (χ3v) is 2.30. The fourth-order valence-corrected chi connectivity index (χ4v) is 1.61. The number of aromatic nitrogens is 1. The van der Waals surface area contributed by atoms with Gasteiger partial charge in [-0.25, -0.2) is 0 Å². The quantitative estimate of drug-likeness (QED) is 0.678. The fraction of sp³-hybridized carbons (Fsp3) is 0.545. The molecule has 0 aliphatic carbocycles. The number of pyridine rings is 1. The summed E-state index contributed by atoms with van der Waals surface area (Å²) in [5.41, 5.74) is 1.99. The Kier molecular flexibility index (Phi) is 2.19. The van der Waals surface area contributed by atoms with Crippen molar-refractivity contribution in [1.29, 1.82) is 0 Å². The van der Waals surface area contributed by atoms with Crippen molar-refractivity contribution >= 4 is 0 Å². The minimum absolute atomic E-state index is 0.152. The van der Waals surface area contributed by atoms with Gasteiger partial charge in [-0.3, -0.25) is 4.98 Å². The fourth-order valence-electron chi connectivity index (χ4n) is 1.61. The van der Waals surface area contributed by atoms with E-state index in [1.165, 1.54) is 0 Å². The maximum Gasteiger partial charge on any atom is 0.143 e. The minimum atomic E-state index is -0.152. The van der Waals surface area contributed by atoms with Crippen LogP contribution in [0.4, 0.5) is 0 Å². The molecule has 0 saturated carbocycles. The van der Waals surface area contributed by atoms with E-state index in [2.05, 4.69) is 30.2 Å². The lowest BCUT2D eigenvalue weighted by Crippen LogP contribution is -2.37. The molecule has 0 saturated heterocycles. The Morgan fingerprint density at radius 1 is 1.50 bits per heavy atom. The zero-order valence-electron chi connectivity index (χ0n) is 8.92. The first-order valence-electron chi connectivity index (χ1n) is 4.92. The van der Waals surface area contributed by atoms with Crippen LogP contribution in [0.5, 0.6) is 5.75 Å². The summed E-state index contributed by atoms with van der Waals surface area (Å²) in [5, 5.41) is 3.33. The second kappa shape index (κ2) is 3.24. The molecule has 0 atom stereocenters. The summed E-state index contributed by atoms with van der Waals surface area (Å²) in [7, 11) is 0. The molecular weight excluding hydrogens is 176 g/mol. The molecule has 1 aromatic rings. The highest BCUT2D eigenvalue weighted by atomic mass is 16.5. The van der Waals surface area contributed by atoms with Gasteiger partial charge in [0.15, 0.2) is 0 Å². The average molecular weight is 192 g/mol. The number of hydrogen-bond acceptors (Lipinski definition) is 3. The van der Waals surface area contributed by atoms with Gasteiger partial charge in [0, 0.05) is 19.3 Å². The molecule has 1 aromatic heterocycles. The topological polar surface area (TPSA) is 34.1 Å². The van der Waals surface area contributed by atoms with Gasteiger partial charge in [0.2, 0.25) is 0 Å². The van der Waals surface area contributed by atoms with E-state index < -0.39 is 0 Å². The largest absolute Gasteiger partial charge is 0.485 e. The van der Waals surface area contributed by atoms with Crippen molar-refractivity contribution in [2.45, 2.75) is 32.9 Å². The van der Waals surface area contributed by atoms with E-state index in [0.717, 1.165) is 30.1 Å². The Bertz CT molecular complexity index is 347. The summed E-state index contributed by atoms with van der Waals surface area (Å²) in [6.45, 7) is 7.83. The van der Waals surface area contributed by atoms with E-state index in [1.807, 2.05) is 13.1 Å². The van der Waals surface area contributed by atoms with Crippen LogP contribution in [0.2, 0.25) is 0 Å². The minimum Gasteiger partial charge on any atom is -0.485 e. The van der Waals surface area contributed by atoms with E-state index in [1.54, 1.807) is 0 Å². The predicted octanol–water partition coefficient (Wildman–Crippen LogP) is 1.65. The number of ether oxygens (including phenoxy) is 1. The molecule has 1 N–H and O–H groups in total. The number of fused-ring (bicyclic) bond motifs is 1. The van der Waals surface area contributed by atoms with Crippen LogP contribution in [0.15, 0.2) is 12.3 Å². The van der Waals surface area contributed by atoms with Crippen LogP contribution in [-0.4, -0.2) is 17.1 Å².